The van der Waals surface area contributed by atoms with Crippen LogP contribution in [0.15, 0.2) is 30.6 Å². The van der Waals surface area contributed by atoms with Crippen molar-refractivity contribution in [2.24, 2.45) is 0 Å². The van der Waals surface area contributed by atoms with E-state index in [0.717, 1.165) is 18.2 Å². The van der Waals surface area contributed by atoms with Crippen LogP contribution in [0.2, 0.25) is 0 Å². The van der Waals surface area contributed by atoms with E-state index in [1.807, 2.05) is 32.0 Å². The first kappa shape index (κ1) is 16.1. The van der Waals surface area contributed by atoms with Crippen LogP contribution >= 0.6 is 0 Å². The molecule has 3 heterocycles. The summed E-state index contributed by atoms with van der Waals surface area (Å²) < 4.78 is 12.1. The van der Waals surface area contributed by atoms with Gasteiger partial charge in [-0.25, -0.2) is 4.98 Å². The number of fused-ring (bicyclic) bond motifs is 1. The normalized spacial score (nSPS) is 20.6. The number of carbonyl (C=O) groups is 1. The molecule has 23 heavy (non-hydrogen) atoms. The molecule has 0 saturated carbocycles. The molecule has 0 bridgehead atoms. The lowest BCUT2D eigenvalue weighted by molar-refractivity contribution is 0.0732. The van der Waals surface area contributed by atoms with Gasteiger partial charge in [0.25, 0.3) is 5.91 Å². The lowest BCUT2D eigenvalue weighted by atomic mass is 10.0. The van der Waals surface area contributed by atoms with Crippen molar-refractivity contribution in [2.75, 3.05) is 18.8 Å². The SMILES string of the molecule is CCC1(CC)CN(C(=O)c2nccc3cccnc23)CC[S@]1=O. The van der Waals surface area contributed by atoms with Crippen molar-refractivity contribution < 1.29 is 9.00 Å². The molecular weight excluding hydrogens is 310 g/mol. The lowest BCUT2D eigenvalue weighted by Crippen LogP contribution is -2.54. The van der Waals surface area contributed by atoms with E-state index in [0.29, 0.717) is 30.1 Å². The molecule has 5 nitrogen and oxygen atoms in total. The predicted molar refractivity (Wildman–Crippen MR) is 91.8 cm³/mol. The predicted octanol–water partition coefficient (Wildman–Crippen LogP) is 2.39. The summed E-state index contributed by atoms with van der Waals surface area (Å²) in [6.45, 7) is 5.13. The fraction of sp³-hybridized carbons (Fsp3) is 0.471. The number of pyridine rings is 2. The van der Waals surface area contributed by atoms with Gasteiger partial charge in [-0.2, -0.15) is 0 Å². The van der Waals surface area contributed by atoms with Crippen LogP contribution < -0.4 is 0 Å². The van der Waals surface area contributed by atoms with Gasteiger partial charge in [-0.3, -0.25) is 14.0 Å². The maximum Gasteiger partial charge on any atom is 0.274 e. The summed E-state index contributed by atoms with van der Waals surface area (Å²) in [6, 6.07) is 5.63. The van der Waals surface area contributed by atoms with Gasteiger partial charge in [0.2, 0.25) is 0 Å². The monoisotopic (exact) mass is 331 g/mol. The van der Waals surface area contributed by atoms with E-state index in [-0.39, 0.29) is 10.7 Å². The largest absolute Gasteiger partial charge is 0.335 e. The molecule has 1 saturated heterocycles. The summed E-state index contributed by atoms with van der Waals surface area (Å²) in [4.78, 5) is 23.4. The maximum atomic E-state index is 13.0. The van der Waals surface area contributed by atoms with Crippen LogP contribution in [0.25, 0.3) is 10.9 Å². The molecule has 1 atom stereocenters. The average molecular weight is 331 g/mol. The zero-order valence-electron chi connectivity index (χ0n) is 13.5. The Kier molecular flexibility index (Phi) is 4.43. The van der Waals surface area contributed by atoms with Crippen LogP contribution in [0.5, 0.6) is 0 Å². The van der Waals surface area contributed by atoms with E-state index in [1.54, 1.807) is 17.3 Å². The fourth-order valence-corrected chi connectivity index (χ4v) is 4.95. The van der Waals surface area contributed by atoms with Crippen molar-refractivity contribution >= 4 is 27.6 Å². The molecule has 1 aliphatic heterocycles. The topological polar surface area (TPSA) is 63.2 Å². The third-order valence-corrected chi connectivity index (χ3v) is 7.03. The Labute approximate surface area is 138 Å². The molecule has 2 aromatic rings. The Bertz CT molecular complexity index is 753. The summed E-state index contributed by atoms with van der Waals surface area (Å²) >= 11 is 0. The fourth-order valence-electron chi connectivity index (χ4n) is 3.19. The highest BCUT2D eigenvalue weighted by Gasteiger charge is 2.40. The summed E-state index contributed by atoms with van der Waals surface area (Å²) in [5.74, 6) is 0.420. The highest BCUT2D eigenvalue weighted by Crippen LogP contribution is 2.29. The first-order chi connectivity index (χ1) is 11.1. The van der Waals surface area contributed by atoms with Crippen LogP contribution in [0.1, 0.15) is 37.2 Å². The molecule has 1 amide bonds. The molecule has 2 aromatic heterocycles. The van der Waals surface area contributed by atoms with Crippen molar-refractivity contribution in [3.63, 3.8) is 0 Å². The third kappa shape index (κ3) is 2.76. The number of aromatic nitrogens is 2. The van der Waals surface area contributed by atoms with Crippen LogP contribution in [0, 0.1) is 0 Å². The van der Waals surface area contributed by atoms with Gasteiger partial charge in [0.15, 0.2) is 5.69 Å². The van der Waals surface area contributed by atoms with Crippen LogP contribution in [-0.4, -0.2) is 48.6 Å². The molecule has 0 unspecified atom stereocenters. The van der Waals surface area contributed by atoms with E-state index < -0.39 is 10.8 Å². The van der Waals surface area contributed by atoms with Crippen molar-refractivity contribution in [1.29, 1.82) is 0 Å². The van der Waals surface area contributed by atoms with E-state index in [1.165, 1.54) is 0 Å². The van der Waals surface area contributed by atoms with E-state index in [4.69, 9.17) is 0 Å². The van der Waals surface area contributed by atoms with Gasteiger partial charge in [0.05, 0.1) is 4.75 Å². The number of hydrogen-bond donors (Lipinski definition) is 0. The first-order valence-electron chi connectivity index (χ1n) is 7.99. The van der Waals surface area contributed by atoms with E-state index >= 15 is 0 Å². The highest BCUT2D eigenvalue weighted by molar-refractivity contribution is 7.86. The quantitative estimate of drug-likeness (QED) is 0.866. The van der Waals surface area contributed by atoms with Crippen molar-refractivity contribution in [3.05, 3.63) is 36.3 Å². The van der Waals surface area contributed by atoms with E-state index in [2.05, 4.69) is 9.97 Å². The Morgan fingerprint density at radius 2 is 2.04 bits per heavy atom. The Morgan fingerprint density at radius 3 is 2.78 bits per heavy atom. The van der Waals surface area contributed by atoms with Crippen LogP contribution in [-0.2, 0) is 10.8 Å². The molecule has 0 N–H and O–H groups in total. The molecule has 0 aromatic carbocycles. The van der Waals surface area contributed by atoms with Gasteiger partial charge in [-0.15, -0.1) is 0 Å². The standard InChI is InChI=1S/C17H21N3O2S/c1-3-17(4-2)12-20(10-11-23(17)22)16(21)15-14-13(7-9-19-15)6-5-8-18-14/h5-9H,3-4,10-12H2,1-2H3/t23-/m1/s1. The van der Waals surface area contributed by atoms with Gasteiger partial charge < -0.3 is 4.90 Å². The second kappa shape index (κ2) is 6.35. The Balaban J connectivity index is 1.95. The van der Waals surface area contributed by atoms with Crippen molar-refractivity contribution in [3.8, 4) is 0 Å². The molecule has 0 spiro atoms. The number of carbonyl (C=O) groups excluding carboxylic acids is 1. The highest BCUT2D eigenvalue weighted by atomic mass is 32.2. The van der Waals surface area contributed by atoms with E-state index in [9.17, 15) is 9.00 Å². The van der Waals surface area contributed by atoms with Crippen molar-refractivity contribution in [2.45, 2.75) is 31.4 Å². The molecule has 0 radical (unpaired) electrons. The summed E-state index contributed by atoms with van der Waals surface area (Å²) in [5, 5.41) is 0.906. The van der Waals surface area contributed by atoms with Crippen LogP contribution in [0.4, 0.5) is 0 Å². The zero-order valence-corrected chi connectivity index (χ0v) is 14.3. The number of nitrogens with zero attached hydrogens (tertiary/aromatic N) is 3. The average Bonchev–Trinajstić information content (AvgIpc) is 2.61. The van der Waals surface area contributed by atoms with Crippen molar-refractivity contribution in [1.82, 2.24) is 14.9 Å². The van der Waals surface area contributed by atoms with Gasteiger partial charge in [-0.05, 0) is 25.0 Å². The minimum atomic E-state index is -0.887. The van der Waals surface area contributed by atoms with Gasteiger partial charge >= 0.3 is 0 Å². The van der Waals surface area contributed by atoms with Gasteiger partial charge in [0.1, 0.15) is 5.52 Å². The summed E-state index contributed by atoms with van der Waals surface area (Å²) in [6.07, 6.45) is 4.93. The molecule has 3 rings (SSSR count). The smallest absolute Gasteiger partial charge is 0.274 e. The summed E-state index contributed by atoms with van der Waals surface area (Å²) in [5.41, 5.74) is 1.02. The first-order valence-corrected chi connectivity index (χ1v) is 9.30. The number of hydrogen-bond acceptors (Lipinski definition) is 4. The third-order valence-electron chi connectivity index (χ3n) is 4.81. The number of rotatable bonds is 3. The second-order valence-corrected chi connectivity index (χ2v) is 7.87. The maximum absolute atomic E-state index is 13.0. The molecule has 6 heteroatoms. The lowest BCUT2D eigenvalue weighted by Gasteiger charge is -2.41. The molecule has 0 aliphatic carbocycles. The Morgan fingerprint density at radius 1 is 1.26 bits per heavy atom. The molecule has 122 valence electrons. The van der Waals surface area contributed by atoms with Gasteiger partial charge in [-0.1, -0.05) is 19.9 Å². The molecule has 1 fully saturated rings. The van der Waals surface area contributed by atoms with Gasteiger partial charge in [0, 0.05) is 47.4 Å². The molecule has 1 aliphatic rings. The minimum absolute atomic E-state index is 0.114. The zero-order chi connectivity index (χ0) is 16.4. The van der Waals surface area contributed by atoms with Crippen LogP contribution in [0.3, 0.4) is 0 Å². The second-order valence-electron chi connectivity index (χ2n) is 5.90. The minimum Gasteiger partial charge on any atom is -0.335 e. The summed E-state index contributed by atoms with van der Waals surface area (Å²) in [7, 11) is -0.887. The molecular formula is C17H21N3O2S. The Hall–Kier alpha value is -1.82. The number of amides is 1.